The number of aryl methyl sites for hydroxylation is 1. The van der Waals surface area contributed by atoms with E-state index in [-0.39, 0.29) is 34.2 Å². The SMILES string of the molecule is Cc1ccc(C2C3=C(CC(C)(C)CC3=O)N=C3CC(C)(C)CC(=O)C32)s1. The fraction of sp³-hybridized carbons (Fsp3) is 0.591. The van der Waals surface area contributed by atoms with Gasteiger partial charge in [0, 0.05) is 45.5 Å². The zero-order valence-corrected chi connectivity index (χ0v) is 17.1. The summed E-state index contributed by atoms with van der Waals surface area (Å²) >= 11 is 1.72. The molecule has 2 aliphatic carbocycles. The lowest BCUT2D eigenvalue weighted by Crippen LogP contribution is -2.45. The number of aliphatic imine (C=N–C) groups is 1. The number of hydrogen-bond acceptors (Lipinski definition) is 4. The van der Waals surface area contributed by atoms with Crippen molar-refractivity contribution in [3.63, 3.8) is 0 Å². The predicted octanol–water partition coefficient (Wildman–Crippen LogP) is 5.24. The van der Waals surface area contributed by atoms with Crippen LogP contribution in [0.5, 0.6) is 0 Å². The Balaban J connectivity index is 1.90. The Kier molecular flexibility index (Phi) is 3.93. The van der Waals surface area contributed by atoms with Gasteiger partial charge >= 0.3 is 0 Å². The summed E-state index contributed by atoms with van der Waals surface area (Å²) in [5.74, 6) is 0.0707. The largest absolute Gasteiger partial charge is 0.299 e. The molecular formula is C22H27NO2S. The Bertz CT molecular complexity index is 868. The average Bonchev–Trinajstić information content (AvgIpc) is 2.88. The van der Waals surface area contributed by atoms with Crippen molar-refractivity contribution in [2.45, 2.75) is 66.2 Å². The monoisotopic (exact) mass is 369 g/mol. The summed E-state index contributed by atoms with van der Waals surface area (Å²) in [5.41, 5.74) is 2.67. The highest BCUT2D eigenvalue weighted by atomic mass is 32.1. The van der Waals surface area contributed by atoms with Crippen LogP contribution < -0.4 is 0 Å². The molecule has 2 atom stereocenters. The van der Waals surface area contributed by atoms with Crippen LogP contribution in [-0.2, 0) is 9.59 Å². The Morgan fingerprint density at radius 2 is 1.65 bits per heavy atom. The molecule has 0 N–H and O–H groups in total. The summed E-state index contributed by atoms with van der Waals surface area (Å²) in [4.78, 5) is 33.6. The van der Waals surface area contributed by atoms with E-state index in [1.54, 1.807) is 11.3 Å². The molecule has 4 rings (SSSR count). The molecule has 1 saturated carbocycles. The minimum Gasteiger partial charge on any atom is -0.299 e. The normalized spacial score (nSPS) is 30.0. The number of Topliss-reactive ketones (excluding diaryl/α,β-unsaturated/α-hetero) is 2. The van der Waals surface area contributed by atoms with Gasteiger partial charge in [0.15, 0.2) is 5.78 Å². The van der Waals surface area contributed by atoms with Crippen LogP contribution in [0.25, 0.3) is 0 Å². The Morgan fingerprint density at radius 3 is 2.31 bits per heavy atom. The summed E-state index contributed by atoms with van der Waals surface area (Å²) in [7, 11) is 0. The number of rotatable bonds is 1. The fourth-order valence-electron chi connectivity index (χ4n) is 4.94. The van der Waals surface area contributed by atoms with E-state index in [4.69, 9.17) is 4.99 Å². The van der Waals surface area contributed by atoms with Crippen LogP contribution in [0.2, 0.25) is 0 Å². The second-order valence-corrected chi connectivity index (χ2v) is 11.1. The fourth-order valence-corrected chi connectivity index (χ4v) is 5.96. The first-order chi connectivity index (χ1) is 12.1. The van der Waals surface area contributed by atoms with Gasteiger partial charge in [0.1, 0.15) is 5.78 Å². The van der Waals surface area contributed by atoms with Gasteiger partial charge in [-0.05, 0) is 42.7 Å². The first kappa shape index (κ1) is 17.8. The van der Waals surface area contributed by atoms with Gasteiger partial charge < -0.3 is 0 Å². The summed E-state index contributed by atoms with van der Waals surface area (Å²) in [6.07, 6.45) is 2.78. The molecule has 2 unspecified atom stereocenters. The number of carbonyl (C=O) groups excluding carboxylic acids is 2. The third kappa shape index (κ3) is 2.92. The van der Waals surface area contributed by atoms with Crippen molar-refractivity contribution < 1.29 is 9.59 Å². The topological polar surface area (TPSA) is 46.5 Å². The molecule has 0 bridgehead atoms. The van der Waals surface area contributed by atoms with Gasteiger partial charge in [-0.1, -0.05) is 27.7 Å². The summed E-state index contributed by atoms with van der Waals surface area (Å²) < 4.78 is 0. The number of ketones is 2. The van der Waals surface area contributed by atoms with Gasteiger partial charge in [-0.25, -0.2) is 0 Å². The van der Waals surface area contributed by atoms with Crippen molar-refractivity contribution in [3.8, 4) is 0 Å². The standard InChI is InChI=1S/C22H27NO2S/c1-12-6-7-17(26-12)20-18-13(8-21(2,3)10-15(18)24)23-14-9-22(4,5)11-16(25)19(14)20/h6-7,18,20H,8-11H2,1-5H3. The molecule has 3 aliphatic rings. The maximum absolute atomic E-state index is 13.1. The zero-order valence-electron chi connectivity index (χ0n) is 16.3. The molecule has 0 amide bonds. The van der Waals surface area contributed by atoms with E-state index in [9.17, 15) is 9.59 Å². The van der Waals surface area contributed by atoms with Crippen molar-refractivity contribution in [1.82, 2.24) is 0 Å². The van der Waals surface area contributed by atoms with E-state index in [1.165, 1.54) is 4.88 Å². The Morgan fingerprint density at radius 1 is 0.962 bits per heavy atom. The maximum atomic E-state index is 13.1. The van der Waals surface area contributed by atoms with Crippen LogP contribution in [0.15, 0.2) is 28.4 Å². The van der Waals surface area contributed by atoms with Crippen LogP contribution in [0.4, 0.5) is 0 Å². The van der Waals surface area contributed by atoms with E-state index in [2.05, 4.69) is 46.8 Å². The molecule has 0 spiro atoms. The van der Waals surface area contributed by atoms with Crippen LogP contribution in [0.1, 0.15) is 69.1 Å². The lowest BCUT2D eigenvalue weighted by atomic mass is 9.61. The molecule has 0 aromatic carbocycles. The van der Waals surface area contributed by atoms with E-state index >= 15 is 0 Å². The highest BCUT2D eigenvalue weighted by Gasteiger charge is 2.50. The molecule has 26 heavy (non-hydrogen) atoms. The van der Waals surface area contributed by atoms with Crippen molar-refractivity contribution in [1.29, 1.82) is 0 Å². The smallest absolute Gasteiger partial charge is 0.161 e. The minimum atomic E-state index is -0.245. The molecule has 4 heteroatoms. The molecule has 138 valence electrons. The predicted molar refractivity (Wildman–Crippen MR) is 106 cm³/mol. The van der Waals surface area contributed by atoms with E-state index in [0.29, 0.717) is 12.8 Å². The van der Waals surface area contributed by atoms with Gasteiger partial charge in [0.2, 0.25) is 0 Å². The number of nitrogens with zero attached hydrogens (tertiary/aromatic N) is 1. The van der Waals surface area contributed by atoms with Crippen LogP contribution in [0, 0.1) is 23.7 Å². The number of fused-ring (bicyclic) bond motifs is 1. The quantitative estimate of drug-likeness (QED) is 0.679. The van der Waals surface area contributed by atoms with E-state index in [1.807, 2.05) is 0 Å². The van der Waals surface area contributed by atoms with Crippen molar-refractivity contribution in [2.24, 2.45) is 21.7 Å². The van der Waals surface area contributed by atoms with Crippen molar-refractivity contribution in [3.05, 3.63) is 33.2 Å². The minimum absolute atomic E-state index is 0.0470. The molecule has 0 saturated heterocycles. The number of thiophene rings is 1. The van der Waals surface area contributed by atoms with Gasteiger partial charge in [-0.2, -0.15) is 0 Å². The lowest BCUT2D eigenvalue weighted by molar-refractivity contribution is -0.124. The highest BCUT2D eigenvalue weighted by Crippen LogP contribution is 2.52. The van der Waals surface area contributed by atoms with Crippen LogP contribution in [0.3, 0.4) is 0 Å². The van der Waals surface area contributed by atoms with E-state index in [0.717, 1.165) is 34.7 Å². The van der Waals surface area contributed by atoms with Crippen LogP contribution >= 0.6 is 11.3 Å². The van der Waals surface area contributed by atoms with Crippen LogP contribution in [-0.4, -0.2) is 17.3 Å². The number of hydrogen-bond donors (Lipinski definition) is 0. The molecule has 2 heterocycles. The highest BCUT2D eigenvalue weighted by molar-refractivity contribution is 7.12. The van der Waals surface area contributed by atoms with Crippen molar-refractivity contribution >= 4 is 28.6 Å². The molecule has 1 aromatic rings. The number of allylic oxidation sites excluding steroid dienone is 2. The first-order valence-electron chi connectivity index (χ1n) is 9.49. The second-order valence-electron chi connectivity index (χ2n) is 9.79. The summed E-state index contributed by atoms with van der Waals surface area (Å²) in [6.45, 7) is 10.7. The summed E-state index contributed by atoms with van der Waals surface area (Å²) in [6, 6.07) is 4.21. The van der Waals surface area contributed by atoms with Gasteiger partial charge in [0.05, 0.1) is 5.92 Å². The third-order valence-corrected chi connectivity index (χ3v) is 6.99. The number of carbonyl (C=O) groups is 2. The second kappa shape index (κ2) is 5.72. The average molecular weight is 370 g/mol. The molecule has 3 nitrogen and oxygen atoms in total. The molecule has 1 aliphatic heterocycles. The maximum Gasteiger partial charge on any atom is 0.161 e. The van der Waals surface area contributed by atoms with Gasteiger partial charge in [-0.15, -0.1) is 11.3 Å². The van der Waals surface area contributed by atoms with E-state index < -0.39 is 0 Å². The lowest BCUT2D eigenvalue weighted by Gasteiger charge is -2.43. The van der Waals surface area contributed by atoms with Gasteiger partial charge in [-0.3, -0.25) is 14.6 Å². The summed E-state index contributed by atoms with van der Waals surface area (Å²) in [5, 5.41) is 0. The zero-order chi connectivity index (χ0) is 18.9. The Labute approximate surface area is 159 Å². The first-order valence-corrected chi connectivity index (χ1v) is 10.3. The molecular weight excluding hydrogens is 342 g/mol. The third-order valence-electron chi connectivity index (χ3n) is 5.91. The van der Waals surface area contributed by atoms with Crippen molar-refractivity contribution in [2.75, 3.05) is 0 Å². The molecule has 1 fully saturated rings. The molecule has 0 radical (unpaired) electrons. The molecule has 1 aromatic heterocycles. The van der Waals surface area contributed by atoms with Gasteiger partial charge in [0.25, 0.3) is 0 Å². The Hall–Kier alpha value is -1.55.